The van der Waals surface area contributed by atoms with Gasteiger partial charge in [0.1, 0.15) is 0 Å². The molecule has 24 heavy (non-hydrogen) atoms. The van der Waals surface area contributed by atoms with Gasteiger partial charge in [0, 0.05) is 42.6 Å². The van der Waals surface area contributed by atoms with E-state index in [0.717, 1.165) is 5.69 Å². The van der Waals surface area contributed by atoms with Gasteiger partial charge < -0.3 is 15.0 Å². The topological polar surface area (TPSA) is 84.7 Å². The van der Waals surface area contributed by atoms with E-state index in [4.69, 9.17) is 16.3 Å². The number of nitro groups is 1. The number of nitro benzene ring substituents is 1. The highest BCUT2D eigenvalue weighted by Gasteiger charge is 2.17. The number of carbonyl (C=O) groups excluding carboxylic acids is 1. The van der Waals surface area contributed by atoms with Gasteiger partial charge in [-0.3, -0.25) is 14.9 Å². The quantitative estimate of drug-likeness (QED) is 0.638. The smallest absolute Gasteiger partial charge is 0.311 e. The molecule has 126 valence electrons. The van der Waals surface area contributed by atoms with Crippen LogP contribution in [0.4, 0.5) is 17.1 Å². The number of nitrogens with zero attached hydrogens (tertiary/aromatic N) is 2. The van der Waals surface area contributed by atoms with Crippen molar-refractivity contribution in [3.63, 3.8) is 0 Å². The predicted molar refractivity (Wildman–Crippen MR) is 93.0 cm³/mol. The molecule has 0 spiro atoms. The van der Waals surface area contributed by atoms with E-state index in [2.05, 4.69) is 5.32 Å². The van der Waals surface area contributed by atoms with E-state index in [0.29, 0.717) is 10.7 Å². The first kappa shape index (κ1) is 17.6. The minimum absolute atomic E-state index is 0.0393. The van der Waals surface area contributed by atoms with E-state index in [1.54, 1.807) is 49.3 Å². The number of halogens is 1. The van der Waals surface area contributed by atoms with Crippen LogP contribution in [-0.2, 0) is 4.79 Å². The molecule has 7 nitrogen and oxygen atoms in total. The zero-order valence-corrected chi connectivity index (χ0v) is 13.9. The van der Waals surface area contributed by atoms with Crippen LogP contribution in [0.15, 0.2) is 42.5 Å². The van der Waals surface area contributed by atoms with Crippen molar-refractivity contribution in [1.82, 2.24) is 0 Å². The van der Waals surface area contributed by atoms with Crippen LogP contribution in [0.3, 0.4) is 0 Å². The molecule has 0 saturated heterocycles. The standard InChI is InChI=1S/C16H16ClN3O4/c1-19(2)13-7-8-14(20(22)23)15(9-13)24-10-16(21)18-12-5-3-11(17)4-6-12/h3-9H,10H2,1-2H3,(H,18,21). The monoisotopic (exact) mass is 349 g/mol. The summed E-state index contributed by atoms with van der Waals surface area (Å²) in [7, 11) is 3.61. The number of amides is 1. The Morgan fingerprint density at radius 3 is 2.50 bits per heavy atom. The van der Waals surface area contributed by atoms with Crippen molar-refractivity contribution in [1.29, 1.82) is 0 Å². The average molecular weight is 350 g/mol. The normalized spacial score (nSPS) is 10.1. The number of rotatable bonds is 6. The zero-order chi connectivity index (χ0) is 17.7. The Labute approximate surface area is 143 Å². The largest absolute Gasteiger partial charge is 0.477 e. The summed E-state index contributed by atoms with van der Waals surface area (Å²) in [6.07, 6.45) is 0. The molecular formula is C16H16ClN3O4. The first-order valence-corrected chi connectivity index (χ1v) is 7.38. The Bertz CT molecular complexity index is 747. The molecule has 2 aromatic rings. The minimum atomic E-state index is -0.550. The lowest BCUT2D eigenvalue weighted by Gasteiger charge is -2.14. The molecule has 1 N–H and O–H groups in total. The van der Waals surface area contributed by atoms with Crippen LogP contribution in [0.25, 0.3) is 0 Å². The third-order valence-electron chi connectivity index (χ3n) is 3.14. The van der Waals surface area contributed by atoms with Gasteiger partial charge >= 0.3 is 5.69 Å². The SMILES string of the molecule is CN(C)c1ccc([N+](=O)[O-])c(OCC(=O)Nc2ccc(Cl)cc2)c1. The van der Waals surface area contributed by atoms with E-state index in [-0.39, 0.29) is 18.0 Å². The number of ether oxygens (including phenoxy) is 1. The van der Waals surface area contributed by atoms with Gasteiger partial charge in [-0.15, -0.1) is 0 Å². The molecule has 0 aliphatic carbocycles. The fraction of sp³-hybridized carbons (Fsp3) is 0.188. The van der Waals surface area contributed by atoms with Crippen molar-refractivity contribution in [2.24, 2.45) is 0 Å². The summed E-state index contributed by atoms with van der Waals surface area (Å²) < 4.78 is 5.34. The van der Waals surface area contributed by atoms with Crippen LogP contribution >= 0.6 is 11.6 Å². The van der Waals surface area contributed by atoms with E-state index in [1.807, 2.05) is 0 Å². The number of anilines is 2. The Hall–Kier alpha value is -2.80. The van der Waals surface area contributed by atoms with Crippen LogP contribution < -0.4 is 15.0 Å². The van der Waals surface area contributed by atoms with Crippen molar-refractivity contribution < 1.29 is 14.5 Å². The maximum Gasteiger partial charge on any atom is 0.311 e. The second-order valence-corrected chi connectivity index (χ2v) is 5.58. The van der Waals surface area contributed by atoms with Crippen LogP contribution in [0, 0.1) is 10.1 Å². The van der Waals surface area contributed by atoms with Gasteiger partial charge in [-0.25, -0.2) is 0 Å². The third kappa shape index (κ3) is 4.60. The molecule has 0 heterocycles. The number of nitrogens with one attached hydrogen (secondary N) is 1. The van der Waals surface area contributed by atoms with Gasteiger partial charge in [0.2, 0.25) is 0 Å². The number of benzene rings is 2. The van der Waals surface area contributed by atoms with Crippen molar-refractivity contribution in [2.75, 3.05) is 30.9 Å². The first-order chi connectivity index (χ1) is 11.4. The molecule has 8 heteroatoms. The van der Waals surface area contributed by atoms with Gasteiger partial charge in [-0.05, 0) is 30.3 Å². The molecular weight excluding hydrogens is 334 g/mol. The highest BCUT2D eigenvalue weighted by Crippen LogP contribution is 2.31. The summed E-state index contributed by atoms with van der Waals surface area (Å²) >= 11 is 5.77. The van der Waals surface area contributed by atoms with Crippen LogP contribution in [-0.4, -0.2) is 31.5 Å². The minimum Gasteiger partial charge on any atom is -0.477 e. The summed E-state index contributed by atoms with van der Waals surface area (Å²) in [4.78, 5) is 24.2. The lowest BCUT2D eigenvalue weighted by molar-refractivity contribution is -0.385. The molecule has 2 rings (SSSR count). The van der Waals surface area contributed by atoms with Gasteiger partial charge in [-0.2, -0.15) is 0 Å². The number of carbonyl (C=O) groups is 1. The zero-order valence-electron chi connectivity index (χ0n) is 13.2. The lowest BCUT2D eigenvalue weighted by atomic mass is 10.2. The summed E-state index contributed by atoms with van der Waals surface area (Å²) in [6.45, 7) is -0.347. The van der Waals surface area contributed by atoms with Crippen LogP contribution in [0.1, 0.15) is 0 Å². The van der Waals surface area contributed by atoms with E-state index in [1.165, 1.54) is 12.1 Å². The van der Waals surface area contributed by atoms with E-state index < -0.39 is 10.8 Å². The fourth-order valence-corrected chi connectivity index (χ4v) is 2.05. The summed E-state index contributed by atoms with van der Waals surface area (Å²) in [5.41, 5.74) is 1.10. The van der Waals surface area contributed by atoms with Crippen LogP contribution in [0.2, 0.25) is 5.02 Å². The molecule has 0 atom stereocenters. The first-order valence-electron chi connectivity index (χ1n) is 7.01. The van der Waals surface area contributed by atoms with Crippen LogP contribution in [0.5, 0.6) is 5.75 Å². The van der Waals surface area contributed by atoms with Gasteiger partial charge in [0.15, 0.2) is 12.4 Å². The van der Waals surface area contributed by atoms with E-state index >= 15 is 0 Å². The molecule has 1 amide bonds. The molecule has 0 aliphatic heterocycles. The van der Waals surface area contributed by atoms with Crippen molar-refractivity contribution in [3.8, 4) is 5.75 Å². The lowest BCUT2D eigenvalue weighted by Crippen LogP contribution is -2.20. The Morgan fingerprint density at radius 1 is 1.25 bits per heavy atom. The second kappa shape index (κ2) is 7.65. The van der Waals surface area contributed by atoms with E-state index in [9.17, 15) is 14.9 Å². The maximum atomic E-state index is 11.9. The van der Waals surface area contributed by atoms with Gasteiger partial charge in [-0.1, -0.05) is 11.6 Å². The molecule has 0 radical (unpaired) electrons. The fourth-order valence-electron chi connectivity index (χ4n) is 1.92. The summed E-state index contributed by atoms with van der Waals surface area (Å²) in [5.74, 6) is -0.390. The van der Waals surface area contributed by atoms with Crippen molar-refractivity contribution >= 4 is 34.6 Å². The van der Waals surface area contributed by atoms with Crippen molar-refractivity contribution in [2.45, 2.75) is 0 Å². The summed E-state index contributed by atoms with van der Waals surface area (Å²) in [6, 6.07) is 11.1. The molecule has 0 aromatic heterocycles. The number of hydrogen-bond donors (Lipinski definition) is 1. The molecule has 0 saturated carbocycles. The Morgan fingerprint density at radius 2 is 1.92 bits per heavy atom. The number of hydrogen-bond acceptors (Lipinski definition) is 5. The Balaban J connectivity index is 2.06. The maximum absolute atomic E-state index is 11.9. The second-order valence-electron chi connectivity index (χ2n) is 5.15. The molecule has 0 unspecified atom stereocenters. The molecule has 2 aromatic carbocycles. The van der Waals surface area contributed by atoms with Crippen molar-refractivity contribution in [3.05, 3.63) is 57.6 Å². The highest BCUT2D eigenvalue weighted by molar-refractivity contribution is 6.30. The predicted octanol–water partition coefficient (Wildman–Crippen LogP) is 3.33. The molecule has 0 aliphatic rings. The molecule has 0 fully saturated rings. The van der Waals surface area contributed by atoms with Gasteiger partial charge in [0.05, 0.1) is 4.92 Å². The highest BCUT2D eigenvalue weighted by atomic mass is 35.5. The Kier molecular flexibility index (Phi) is 5.59. The third-order valence-corrected chi connectivity index (χ3v) is 3.40. The average Bonchev–Trinajstić information content (AvgIpc) is 2.54. The van der Waals surface area contributed by atoms with Gasteiger partial charge in [0.25, 0.3) is 5.91 Å². The molecule has 0 bridgehead atoms. The summed E-state index contributed by atoms with van der Waals surface area (Å²) in [5, 5.41) is 14.2.